The van der Waals surface area contributed by atoms with Crippen molar-refractivity contribution in [2.45, 2.75) is 18.6 Å². The molecule has 120 valence electrons. The second kappa shape index (κ2) is 6.39. The van der Waals surface area contributed by atoms with Crippen molar-refractivity contribution in [1.82, 2.24) is 4.31 Å². The number of esters is 1. The molecule has 0 aromatic carbocycles. The normalized spacial score (nSPS) is 25.0. The molecule has 0 aromatic heterocycles. The second-order valence-electron chi connectivity index (χ2n) is 4.75. The number of ether oxygens (including phenoxy) is 1. The van der Waals surface area contributed by atoms with Crippen molar-refractivity contribution in [3.8, 4) is 0 Å². The van der Waals surface area contributed by atoms with E-state index in [1.165, 1.54) is 0 Å². The molecule has 0 aliphatic carbocycles. The van der Waals surface area contributed by atoms with Crippen LogP contribution in [0.4, 0.5) is 0 Å². The van der Waals surface area contributed by atoms with Gasteiger partial charge in [-0.2, -0.15) is 0 Å². The summed E-state index contributed by atoms with van der Waals surface area (Å²) in [4.78, 5) is 33.5. The third-order valence-electron chi connectivity index (χ3n) is 3.55. The van der Waals surface area contributed by atoms with Gasteiger partial charge in [-0.3, -0.25) is 14.4 Å². The summed E-state index contributed by atoms with van der Waals surface area (Å²) in [7, 11) is -3.04. The highest BCUT2D eigenvalue weighted by molar-refractivity contribution is 7.90. The first kappa shape index (κ1) is 17.4. The molecule has 9 nitrogen and oxygen atoms in total. The highest BCUT2D eigenvalue weighted by Gasteiger charge is 2.44. The van der Waals surface area contributed by atoms with Crippen molar-refractivity contribution in [1.29, 1.82) is 0 Å². The summed E-state index contributed by atoms with van der Waals surface area (Å²) in [6, 6.07) is 0. The van der Waals surface area contributed by atoms with Gasteiger partial charge in [0.15, 0.2) is 5.25 Å². The number of aliphatic carboxylic acids is 2. The van der Waals surface area contributed by atoms with Crippen molar-refractivity contribution in [2.75, 3.05) is 20.2 Å². The Labute approximate surface area is 121 Å². The molecule has 2 N–H and O–H groups in total. The van der Waals surface area contributed by atoms with Gasteiger partial charge >= 0.3 is 17.9 Å². The number of hydrogen-bond donors (Lipinski definition) is 2. The number of carbonyl (C=O) groups is 3. The second-order valence-corrected chi connectivity index (χ2v) is 7.00. The third kappa shape index (κ3) is 3.50. The number of carboxylic acid groups (broad SMARTS) is 2. The highest BCUT2D eigenvalue weighted by Crippen LogP contribution is 2.27. The van der Waals surface area contributed by atoms with Gasteiger partial charge in [0.25, 0.3) is 0 Å². The van der Waals surface area contributed by atoms with E-state index in [-0.39, 0.29) is 13.0 Å². The lowest BCUT2D eigenvalue weighted by Gasteiger charge is -2.34. The summed E-state index contributed by atoms with van der Waals surface area (Å²) in [6.45, 7) is 0.514. The molecule has 1 aliphatic heterocycles. The number of sulfonamides is 1. The Morgan fingerprint density at radius 2 is 1.71 bits per heavy atom. The van der Waals surface area contributed by atoms with E-state index in [4.69, 9.17) is 10.2 Å². The van der Waals surface area contributed by atoms with E-state index < -0.39 is 51.6 Å². The molecule has 0 radical (unpaired) electrons. The molecular formula is C11H17NO8S. The number of hydrogen-bond acceptors (Lipinski definition) is 6. The molecule has 3 atom stereocenters. The summed E-state index contributed by atoms with van der Waals surface area (Å²) in [5.74, 6) is -6.12. The fraction of sp³-hybridized carbons (Fsp3) is 0.727. The van der Waals surface area contributed by atoms with E-state index in [0.717, 1.165) is 18.3 Å². The molecule has 1 aliphatic rings. The molecule has 0 amide bonds. The lowest BCUT2D eigenvalue weighted by molar-refractivity contribution is -0.156. The van der Waals surface area contributed by atoms with Gasteiger partial charge in [0.05, 0.1) is 18.9 Å². The molecule has 1 fully saturated rings. The fourth-order valence-corrected chi connectivity index (χ4v) is 3.73. The van der Waals surface area contributed by atoms with Crippen LogP contribution < -0.4 is 0 Å². The SMILES string of the molecule is COC(=O)C(C)S(=O)(=O)N1CCC(C(=O)O)C(C(=O)O)C1. The van der Waals surface area contributed by atoms with Gasteiger partial charge in [0.2, 0.25) is 10.0 Å². The number of carboxylic acids is 2. The van der Waals surface area contributed by atoms with Gasteiger partial charge < -0.3 is 14.9 Å². The molecule has 3 unspecified atom stereocenters. The van der Waals surface area contributed by atoms with E-state index in [1.54, 1.807) is 0 Å². The number of carbonyl (C=O) groups excluding carboxylic acids is 1. The Morgan fingerprint density at radius 3 is 2.14 bits per heavy atom. The van der Waals surface area contributed by atoms with Crippen LogP contribution in [0, 0.1) is 11.8 Å². The summed E-state index contributed by atoms with van der Waals surface area (Å²) < 4.78 is 29.6. The van der Waals surface area contributed by atoms with Crippen molar-refractivity contribution in [3.63, 3.8) is 0 Å². The first-order chi connectivity index (χ1) is 9.62. The van der Waals surface area contributed by atoms with Crippen LogP contribution in [-0.4, -0.2) is 66.3 Å². The average Bonchev–Trinajstić information content (AvgIpc) is 2.44. The number of rotatable bonds is 5. The topological polar surface area (TPSA) is 138 Å². The van der Waals surface area contributed by atoms with Crippen LogP contribution in [0.25, 0.3) is 0 Å². The van der Waals surface area contributed by atoms with Crippen LogP contribution in [0.1, 0.15) is 13.3 Å². The molecule has 1 heterocycles. The molecule has 1 rings (SSSR count). The van der Waals surface area contributed by atoms with Crippen molar-refractivity contribution in [2.24, 2.45) is 11.8 Å². The Hall–Kier alpha value is -1.68. The fourth-order valence-electron chi connectivity index (χ4n) is 2.21. The quantitative estimate of drug-likeness (QED) is 0.613. The van der Waals surface area contributed by atoms with Crippen LogP contribution in [-0.2, 0) is 29.1 Å². The first-order valence-corrected chi connectivity index (χ1v) is 7.65. The monoisotopic (exact) mass is 323 g/mol. The van der Waals surface area contributed by atoms with E-state index >= 15 is 0 Å². The van der Waals surface area contributed by atoms with E-state index in [1.807, 2.05) is 0 Å². The van der Waals surface area contributed by atoms with E-state index in [0.29, 0.717) is 0 Å². The minimum absolute atomic E-state index is 0.126. The lowest BCUT2D eigenvalue weighted by atomic mass is 9.86. The predicted molar refractivity (Wildman–Crippen MR) is 68.8 cm³/mol. The molecule has 0 saturated carbocycles. The molecule has 10 heteroatoms. The highest BCUT2D eigenvalue weighted by atomic mass is 32.2. The van der Waals surface area contributed by atoms with Gasteiger partial charge in [-0.15, -0.1) is 0 Å². The van der Waals surface area contributed by atoms with E-state index in [2.05, 4.69) is 4.74 Å². The Kier molecular flexibility index (Phi) is 5.29. The van der Waals surface area contributed by atoms with Gasteiger partial charge in [0, 0.05) is 13.1 Å². The largest absolute Gasteiger partial charge is 0.481 e. The number of methoxy groups -OCH3 is 1. The van der Waals surface area contributed by atoms with Crippen molar-refractivity contribution < 1.29 is 37.8 Å². The average molecular weight is 323 g/mol. The predicted octanol–water partition coefficient (Wildman–Crippen LogP) is -1.01. The molecule has 0 bridgehead atoms. The Bertz CT molecular complexity index is 542. The maximum absolute atomic E-state index is 12.2. The van der Waals surface area contributed by atoms with Crippen LogP contribution in [0.5, 0.6) is 0 Å². The maximum atomic E-state index is 12.2. The molecule has 21 heavy (non-hydrogen) atoms. The summed E-state index contributed by atoms with van der Waals surface area (Å²) in [5, 5.41) is 16.6. The minimum Gasteiger partial charge on any atom is -0.481 e. The van der Waals surface area contributed by atoms with Crippen LogP contribution >= 0.6 is 0 Å². The molecule has 0 aromatic rings. The number of nitrogens with zero attached hydrogens (tertiary/aromatic N) is 1. The maximum Gasteiger partial charge on any atom is 0.325 e. The number of piperidine rings is 1. The Morgan fingerprint density at radius 1 is 1.19 bits per heavy atom. The van der Waals surface area contributed by atoms with Gasteiger partial charge in [-0.05, 0) is 13.3 Å². The zero-order chi connectivity index (χ0) is 16.4. The first-order valence-electron chi connectivity index (χ1n) is 6.15. The minimum atomic E-state index is -4.09. The van der Waals surface area contributed by atoms with E-state index in [9.17, 15) is 22.8 Å². The molecular weight excluding hydrogens is 306 g/mol. The smallest absolute Gasteiger partial charge is 0.325 e. The zero-order valence-electron chi connectivity index (χ0n) is 11.6. The summed E-state index contributed by atoms with van der Waals surface area (Å²) in [6.07, 6.45) is -0.126. The van der Waals surface area contributed by atoms with Gasteiger partial charge in [0.1, 0.15) is 0 Å². The summed E-state index contributed by atoms with van der Waals surface area (Å²) >= 11 is 0. The van der Waals surface area contributed by atoms with Gasteiger partial charge in [-0.1, -0.05) is 0 Å². The van der Waals surface area contributed by atoms with Crippen molar-refractivity contribution in [3.05, 3.63) is 0 Å². The van der Waals surface area contributed by atoms with Gasteiger partial charge in [-0.25, -0.2) is 12.7 Å². The van der Waals surface area contributed by atoms with Crippen molar-refractivity contribution >= 4 is 27.9 Å². The molecule has 0 spiro atoms. The third-order valence-corrected chi connectivity index (χ3v) is 5.69. The molecule has 1 saturated heterocycles. The lowest BCUT2D eigenvalue weighted by Crippen LogP contribution is -2.51. The standard InChI is InChI=1S/C11H17NO8S/c1-6(11(17)20-2)21(18,19)12-4-3-7(9(13)14)8(5-12)10(15)16/h6-8H,3-5H2,1-2H3,(H,13,14)(H,15,16). The summed E-state index contributed by atoms with van der Waals surface area (Å²) in [5.41, 5.74) is 0. The Balaban J connectivity index is 2.99. The van der Waals surface area contributed by atoms with Crippen LogP contribution in [0.2, 0.25) is 0 Å². The van der Waals surface area contributed by atoms with Crippen LogP contribution in [0.15, 0.2) is 0 Å². The van der Waals surface area contributed by atoms with Crippen LogP contribution in [0.3, 0.4) is 0 Å². The zero-order valence-corrected chi connectivity index (χ0v) is 12.4.